The molecule has 0 aromatic carbocycles. The normalized spacial score (nSPS) is 21.2. The van der Waals surface area contributed by atoms with Crippen molar-refractivity contribution in [2.24, 2.45) is 22.0 Å². The number of nitrogens with zero attached hydrogens (tertiary/aromatic N) is 4. The maximum atomic E-state index is 12.9. The average molecular weight is 493 g/mol. The summed E-state index contributed by atoms with van der Waals surface area (Å²) in [7, 11) is 0. The Morgan fingerprint density at radius 2 is 1.06 bits per heavy atom. The first kappa shape index (κ1) is 26.1. The van der Waals surface area contributed by atoms with Crippen molar-refractivity contribution in [2.45, 2.75) is 39.8 Å². The van der Waals surface area contributed by atoms with Crippen LogP contribution in [0.2, 0.25) is 0 Å². The number of pyridine rings is 2. The Bertz CT molecular complexity index is 1120. The minimum Gasteiger partial charge on any atom is -0.339 e. The van der Waals surface area contributed by atoms with Crippen LogP contribution in [0.25, 0.3) is 0 Å². The molecular formula is C24H28N8O4. The second-order valence-corrected chi connectivity index (χ2v) is 8.75. The SMILES string of the molecule is CC(C)[C@@H]1NC(=O)c2cccc(n2)C(=O)N[C@@H](C(C)C)C(=O)N/N=C/c2cccc(n2)/C=N/NC1=O. The lowest BCUT2D eigenvalue weighted by atomic mass is 10.0. The summed E-state index contributed by atoms with van der Waals surface area (Å²) in [6.45, 7) is 7.08. The maximum Gasteiger partial charge on any atom is 0.270 e. The van der Waals surface area contributed by atoms with Crippen LogP contribution in [0.1, 0.15) is 60.1 Å². The van der Waals surface area contributed by atoms with Gasteiger partial charge in [0.05, 0.1) is 23.8 Å². The summed E-state index contributed by atoms with van der Waals surface area (Å²) < 4.78 is 0. The zero-order valence-electron chi connectivity index (χ0n) is 20.4. The minimum absolute atomic E-state index is 0.0600. The summed E-state index contributed by atoms with van der Waals surface area (Å²) in [5, 5.41) is 13.1. The number of nitrogens with one attached hydrogen (secondary N) is 4. The largest absolute Gasteiger partial charge is 0.339 e. The number of rotatable bonds is 2. The molecular weight excluding hydrogens is 464 g/mol. The number of hydrazone groups is 2. The Kier molecular flexibility index (Phi) is 8.55. The highest BCUT2D eigenvalue weighted by Gasteiger charge is 2.27. The van der Waals surface area contributed by atoms with Crippen LogP contribution in [0.3, 0.4) is 0 Å². The Hall–Kier alpha value is -4.48. The lowest BCUT2D eigenvalue weighted by Gasteiger charge is -2.21. The van der Waals surface area contributed by atoms with Gasteiger partial charge in [0.1, 0.15) is 23.5 Å². The second-order valence-electron chi connectivity index (χ2n) is 8.75. The average Bonchev–Trinajstić information content (AvgIpc) is 2.84. The van der Waals surface area contributed by atoms with Gasteiger partial charge in [0, 0.05) is 0 Å². The fraction of sp³-hybridized carbons (Fsp3) is 0.333. The first-order valence-corrected chi connectivity index (χ1v) is 11.4. The quantitative estimate of drug-likeness (QED) is 0.479. The molecule has 2 aromatic heterocycles. The summed E-state index contributed by atoms with van der Waals surface area (Å²) in [5.41, 5.74) is 5.54. The Morgan fingerprint density at radius 1 is 0.639 bits per heavy atom. The zero-order valence-corrected chi connectivity index (χ0v) is 20.4. The fourth-order valence-corrected chi connectivity index (χ4v) is 3.26. The van der Waals surface area contributed by atoms with E-state index in [1.807, 2.05) is 0 Å². The van der Waals surface area contributed by atoms with Gasteiger partial charge in [0.2, 0.25) is 0 Å². The third-order valence-corrected chi connectivity index (χ3v) is 5.22. The van der Waals surface area contributed by atoms with E-state index in [1.165, 1.54) is 30.6 Å². The molecule has 1 aliphatic heterocycles. The maximum absolute atomic E-state index is 12.9. The van der Waals surface area contributed by atoms with Crippen molar-refractivity contribution in [2.75, 3.05) is 0 Å². The molecule has 36 heavy (non-hydrogen) atoms. The molecule has 12 heteroatoms. The topological polar surface area (TPSA) is 167 Å². The van der Waals surface area contributed by atoms with E-state index in [-0.39, 0.29) is 23.2 Å². The van der Waals surface area contributed by atoms with Crippen LogP contribution in [0.5, 0.6) is 0 Å². The lowest BCUT2D eigenvalue weighted by molar-refractivity contribution is -0.124. The van der Waals surface area contributed by atoms with Gasteiger partial charge in [-0.05, 0) is 36.1 Å². The third-order valence-electron chi connectivity index (χ3n) is 5.22. The van der Waals surface area contributed by atoms with Crippen molar-refractivity contribution >= 4 is 36.1 Å². The molecule has 0 radical (unpaired) electrons. The molecule has 188 valence electrons. The van der Waals surface area contributed by atoms with Crippen molar-refractivity contribution in [3.05, 3.63) is 59.2 Å². The highest BCUT2D eigenvalue weighted by molar-refractivity contribution is 5.99. The zero-order chi connectivity index (χ0) is 26.2. The summed E-state index contributed by atoms with van der Waals surface area (Å²) in [6, 6.07) is 7.55. The van der Waals surface area contributed by atoms with Crippen LogP contribution in [0.15, 0.2) is 46.6 Å². The van der Waals surface area contributed by atoms with E-state index >= 15 is 0 Å². The summed E-state index contributed by atoms with van der Waals surface area (Å²) >= 11 is 0. The molecule has 4 bridgehead atoms. The van der Waals surface area contributed by atoms with Crippen LogP contribution in [-0.2, 0) is 9.59 Å². The molecule has 0 fully saturated rings. The van der Waals surface area contributed by atoms with Crippen molar-refractivity contribution in [1.29, 1.82) is 0 Å². The van der Waals surface area contributed by atoms with E-state index in [4.69, 9.17) is 0 Å². The predicted octanol–water partition coefficient (Wildman–Crippen LogP) is 0.599. The number of hydrogen-bond donors (Lipinski definition) is 4. The molecule has 0 saturated carbocycles. The van der Waals surface area contributed by atoms with E-state index in [1.54, 1.807) is 45.9 Å². The lowest BCUT2D eigenvalue weighted by Crippen LogP contribution is -2.49. The Balaban J connectivity index is 1.98. The fourth-order valence-electron chi connectivity index (χ4n) is 3.26. The van der Waals surface area contributed by atoms with Gasteiger partial charge in [-0.15, -0.1) is 0 Å². The number of aromatic nitrogens is 2. The van der Waals surface area contributed by atoms with E-state index in [9.17, 15) is 19.2 Å². The number of fused-ring (bicyclic) bond motifs is 4. The van der Waals surface area contributed by atoms with E-state index < -0.39 is 35.7 Å². The van der Waals surface area contributed by atoms with Gasteiger partial charge in [0.15, 0.2) is 0 Å². The summed E-state index contributed by atoms with van der Waals surface area (Å²) in [6.07, 6.45) is 2.70. The number of amides is 4. The van der Waals surface area contributed by atoms with Crippen LogP contribution in [-0.4, -0.2) is 58.1 Å². The summed E-state index contributed by atoms with van der Waals surface area (Å²) in [4.78, 5) is 59.5. The standard InChI is InChI=1S/C24H28N8O4/c1-13(2)19-23(35)31-25-11-15-7-5-8-16(27-15)12-26-32-24(36)20(14(3)4)30-22(34)18-10-6-9-17(28-18)21(33)29-19/h5-14,19-20H,1-4H3,(H,29,33)(H,30,34)(H,31,35)(H,32,36)/b25-11+,26-12+/t19-,20-/m0/s1. The predicted molar refractivity (Wildman–Crippen MR) is 132 cm³/mol. The Morgan fingerprint density at radius 3 is 1.47 bits per heavy atom. The molecule has 12 nitrogen and oxygen atoms in total. The molecule has 2 atom stereocenters. The molecule has 4 amide bonds. The summed E-state index contributed by atoms with van der Waals surface area (Å²) in [5.74, 6) is -2.87. The van der Waals surface area contributed by atoms with Crippen molar-refractivity contribution < 1.29 is 19.2 Å². The smallest absolute Gasteiger partial charge is 0.270 e. The van der Waals surface area contributed by atoms with Crippen molar-refractivity contribution in [3.63, 3.8) is 0 Å². The number of hydrogen-bond acceptors (Lipinski definition) is 8. The highest BCUT2D eigenvalue weighted by Crippen LogP contribution is 2.08. The molecule has 0 spiro atoms. The number of carbonyl (C=O) groups is 4. The number of carbonyl (C=O) groups excluding carboxylic acids is 4. The first-order valence-electron chi connectivity index (χ1n) is 11.4. The molecule has 1 aliphatic rings. The van der Waals surface area contributed by atoms with E-state index in [0.717, 1.165) is 0 Å². The second kappa shape index (κ2) is 11.8. The van der Waals surface area contributed by atoms with Gasteiger partial charge in [-0.1, -0.05) is 39.8 Å². The first-order chi connectivity index (χ1) is 17.2. The molecule has 3 heterocycles. The van der Waals surface area contributed by atoms with Gasteiger partial charge >= 0.3 is 0 Å². The minimum atomic E-state index is -0.917. The van der Waals surface area contributed by atoms with Crippen LogP contribution >= 0.6 is 0 Å². The van der Waals surface area contributed by atoms with E-state index in [2.05, 4.69) is 41.7 Å². The Labute approximate surface area is 208 Å². The van der Waals surface area contributed by atoms with Crippen molar-refractivity contribution in [3.8, 4) is 0 Å². The monoisotopic (exact) mass is 492 g/mol. The van der Waals surface area contributed by atoms with Crippen LogP contribution in [0, 0.1) is 11.8 Å². The van der Waals surface area contributed by atoms with Gasteiger partial charge in [-0.3, -0.25) is 19.2 Å². The van der Waals surface area contributed by atoms with Gasteiger partial charge in [-0.2, -0.15) is 10.2 Å². The highest BCUT2D eigenvalue weighted by atomic mass is 16.2. The molecule has 0 unspecified atom stereocenters. The third kappa shape index (κ3) is 6.78. The molecule has 0 saturated heterocycles. The molecule has 2 aromatic rings. The van der Waals surface area contributed by atoms with Crippen molar-refractivity contribution in [1.82, 2.24) is 31.5 Å². The van der Waals surface area contributed by atoms with Gasteiger partial charge < -0.3 is 10.6 Å². The van der Waals surface area contributed by atoms with Gasteiger partial charge in [-0.25, -0.2) is 20.8 Å². The van der Waals surface area contributed by atoms with Crippen LogP contribution in [0.4, 0.5) is 0 Å². The van der Waals surface area contributed by atoms with Crippen LogP contribution < -0.4 is 21.5 Å². The van der Waals surface area contributed by atoms with Gasteiger partial charge in [0.25, 0.3) is 23.6 Å². The van der Waals surface area contributed by atoms with E-state index in [0.29, 0.717) is 11.4 Å². The molecule has 3 rings (SSSR count). The molecule has 4 N–H and O–H groups in total. The molecule has 0 aliphatic carbocycles.